The molecule has 1 saturated heterocycles. The van der Waals surface area contributed by atoms with Gasteiger partial charge in [-0.05, 0) is 19.1 Å². The van der Waals surface area contributed by atoms with Gasteiger partial charge in [-0.1, -0.05) is 0 Å². The fourth-order valence-corrected chi connectivity index (χ4v) is 5.22. The molecule has 0 saturated carbocycles. The summed E-state index contributed by atoms with van der Waals surface area (Å²) in [4.78, 5) is 11.1. The van der Waals surface area contributed by atoms with Crippen LogP contribution in [0.2, 0.25) is 0 Å². The van der Waals surface area contributed by atoms with E-state index >= 15 is 0 Å². The van der Waals surface area contributed by atoms with Gasteiger partial charge in [-0.15, -0.1) is 11.3 Å². The van der Waals surface area contributed by atoms with Crippen molar-refractivity contribution in [3.8, 4) is 0 Å². The number of carboxylic acid groups (broad SMARTS) is 1. The minimum Gasteiger partial charge on any atom is -0.481 e. The van der Waals surface area contributed by atoms with Crippen LogP contribution in [0.4, 0.5) is 0 Å². The van der Waals surface area contributed by atoms with E-state index in [9.17, 15) is 13.2 Å². The molecule has 2 atom stereocenters. The van der Waals surface area contributed by atoms with Gasteiger partial charge in [0.2, 0.25) is 0 Å². The van der Waals surface area contributed by atoms with E-state index < -0.39 is 22.1 Å². The maximum atomic E-state index is 12.5. The van der Waals surface area contributed by atoms with Crippen LogP contribution >= 0.6 is 11.3 Å². The quantitative estimate of drug-likeness (QED) is 0.793. The molecule has 1 aliphatic rings. The number of aliphatic carboxylic acids is 1. The van der Waals surface area contributed by atoms with Crippen molar-refractivity contribution in [3.63, 3.8) is 0 Å². The summed E-state index contributed by atoms with van der Waals surface area (Å²) in [7, 11) is -3.69. The first kappa shape index (κ1) is 16.4. The first-order valence-electron chi connectivity index (χ1n) is 6.40. The van der Waals surface area contributed by atoms with Crippen molar-refractivity contribution in [1.82, 2.24) is 4.31 Å². The van der Waals surface area contributed by atoms with Gasteiger partial charge < -0.3 is 14.9 Å². The van der Waals surface area contributed by atoms with Crippen LogP contribution in [0.1, 0.15) is 11.8 Å². The summed E-state index contributed by atoms with van der Waals surface area (Å²) in [5.41, 5.74) is 0. The van der Waals surface area contributed by atoms with Crippen molar-refractivity contribution in [2.75, 3.05) is 19.7 Å². The zero-order chi connectivity index (χ0) is 15.6. The van der Waals surface area contributed by atoms with E-state index in [1.807, 2.05) is 0 Å². The molecule has 0 bridgehead atoms. The lowest BCUT2D eigenvalue weighted by Gasteiger charge is -2.34. The highest BCUT2D eigenvalue weighted by Crippen LogP contribution is 2.27. The zero-order valence-electron chi connectivity index (χ0n) is 11.4. The maximum Gasteiger partial charge on any atom is 0.308 e. The Morgan fingerprint density at radius 1 is 1.48 bits per heavy atom. The second kappa shape index (κ2) is 6.41. The zero-order valence-corrected chi connectivity index (χ0v) is 13.1. The predicted molar refractivity (Wildman–Crippen MR) is 75.8 cm³/mol. The number of aliphatic hydroxyl groups excluding tert-OH is 1. The van der Waals surface area contributed by atoms with Crippen molar-refractivity contribution in [1.29, 1.82) is 0 Å². The van der Waals surface area contributed by atoms with Gasteiger partial charge in [-0.25, -0.2) is 8.42 Å². The van der Waals surface area contributed by atoms with Gasteiger partial charge in [0.15, 0.2) is 0 Å². The Labute approximate surface area is 126 Å². The average Bonchev–Trinajstić information content (AvgIpc) is 2.86. The van der Waals surface area contributed by atoms with Crippen LogP contribution in [0.3, 0.4) is 0 Å². The second-order valence-electron chi connectivity index (χ2n) is 4.86. The van der Waals surface area contributed by atoms with Gasteiger partial charge in [-0.2, -0.15) is 4.31 Å². The molecule has 2 N–H and O–H groups in total. The lowest BCUT2D eigenvalue weighted by Crippen LogP contribution is -2.50. The van der Waals surface area contributed by atoms with Crippen molar-refractivity contribution in [3.05, 3.63) is 17.0 Å². The number of ether oxygens (including phenoxy) is 1. The number of hydrogen-bond donors (Lipinski definition) is 2. The number of rotatable bonds is 5. The van der Waals surface area contributed by atoms with E-state index in [4.69, 9.17) is 14.9 Å². The SMILES string of the molecule is CC1CN(S(=O)(=O)c2ccc(CC(=O)O)s2)CC(CO)O1. The molecule has 7 nitrogen and oxygen atoms in total. The number of aliphatic hydroxyl groups is 1. The molecule has 2 rings (SSSR count). The molecule has 0 spiro atoms. The molecule has 1 aliphatic heterocycles. The third kappa shape index (κ3) is 3.80. The largest absolute Gasteiger partial charge is 0.481 e. The monoisotopic (exact) mass is 335 g/mol. The smallest absolute Gasteiger partial charge is 0.308 e. The van der Waals surface area contributed by atoms with E-state index in [0.29, 0.717) is 4.88 Å². The Hall–Kier alpha value is -1.00. The summed E-state index contributed by atoms with van der Waals surface area (Å²) in [6.07, 6.45) is -1.04. The molecule has 1 fully saturated rings. The van der Waals surface area contributed by atoms with Gasteiger partial charge in [0.25, 0.3) is 10.0 Å². The van der Waals surface area contributed by atoms with Crippen LogP contribution in [0.25, 0.3) is 0 Å². The number of thiophene rings is 1. The van der Waals surface area contributed by atoms with Gasteiger partial charge in [0.05, 0.1) is 25.2 Å². The highest BCUT2D eigenvalue weighted by molar-refractivity contribution is 7.91. The lowest BCUT2D eigenvalue weighted by atomic mass is 10.2. The van der Waals surface area contributed by atoms with E-state index in [2.05, 4.69) is 0 Å². The van der Waals surface area contributed by atoms with Crippen LogP contribution in [0.15, 0.2) is 16.3 Å². The Balaban J connectivity index is 2.20. The van der Waals surface area contributed by atoms with E-state index in [1.54, 1.807) is 6.92 Å². The normalized spacial score (nSPS) is 24.1. The molecular formula is C12H17NO6S2. The Kier molecular flexibility index (Phi) is 4.99. The number of carboxylic acids is 1. The molecule has 2 heterocycles. The fourth-order valence-electron chi connectivity index (χ4n) is 2.17. The minimum atomic E-state index is -3.69. The van der Waals surface area contributed by atoms with Crippen molar-refractivity contribution in [2.45, 2.75) is 29.8 Å². The van der Waals surface area contributed by atoms with Crippen LogP contribution in [-0.2, 0) is 26.0 Å². The van der Waals surface area contributed by atoms with Crippen LogP contribution in [0, 0.1) is 0 Å². The molecule has 9 heteroatoms. The number of carbonyl (C=O) groups is 1. The molecule has 1 aromatic rings. The van der Waals surface area contributed by atoms with Crippen molar-refractivity contribution < 1.29 is 28.2 Å². The third-order valence-electron chi connectivity index (χ3n) is 3.05. The summed E-state index contributed by atoms with van der Waals surface area (Å²) in [5, 5.41) is 17.9. The molecule has 0 radical (unpaired) electrons. The fraction of sp³-hybridized carbons (Fsp3) is 0.583. The van der Waals surface area contributed by atoms with E-state index in [-0.39, 0.29) is 36.4 Å². The molecule has 1 aromatic heterocycles. The average molecular weight is 335 g/mol. The first-order chi connectivity index (χ1) is 9.82. The predicted octanol–water partition coefficient (Wildman–Crippen LogP) is 0.146. The van der Waals surface area contributed by atoms with Crippen LogP contribution in [-0.4, -0.2) is 60.8 Å². The van der Waals surface area contributed by atoms with Crippen molar-refractivity contribution >= 4 is 27.3 Å². The second-order valence-corrected chi connectivity index (χ2v) is 8.20. The molecule has 0 amide bonds. The summed E-state index contributed by atoms with van der Waals surface area (Å²) < 4.78 is 31.9. The molecule has 0 aliphatic carbocycles. The minimum absolute atomic E-state index is 0.0926. The number of morpholine rings is 1. The number of sulfonamides is 1. The van der Waals surface area contributed by atoms with Gasteiger partial charge in [0, 0.05) is 18.0 Å². The number of hydrogen-bond acceptors (Lipinski definition) is 6. The standard InChI is InChI=1S/C12H17NO6S2/c1-8-5-13(6-9(7-14)19-8)21(17,18)12-3-2-10(20-12)4-11(15)16/h2-3,8-9,14H,4-7H2,1H3,(H,15,16). The third-order valence-corrected chi connectivity index (χ3v) is 6.44. The van der Waals surface area contributed by atoms with E-state index in [1.165, 1.54) is 16.4 Å². The topological polar surface area (TPSA) is 104 Å². The summed E-state index contributed by atoms with van der Waals surface area (Å²) in [6.45, 7) is 1.81. The van der Waals surface area contributed by atoms with E-state index in [0.717, 1.165) is 11.3 Å². The summed E-state index contributed by atoms with van der Waals surface area (Å²) in [5.74, 6) is -0.999. The lowest BCUT2D eigenvalue weighted by molar-refractivity contribution is -0.136. The Morgan fingerprint density at radius 3 is 2.81 bits per heavy atom. The molecular weight excluding hydrogens is 318 g/mol. The van der Waals surface area contributed by atoms with Gasteiger partial charge in [-0.3, -0.25) is 4.79 Å². The van der Waals surface area contributed by atoms with Crippen LogP contribution < -0.4 is 0 Å². The van der Waals surface area contributed by atoms with Crippen LogP contribution in [0.5, 0.6) is 0 Å². The Morgan fingerprint density at radius 2 is 2.19 bits per heavy atom. The number of nitrogens with zero attached hydrogens (tertiary/aromatic N) is 1. The summed E-state index contributed by atoms with van der Waals surface area (Å²) in [6, 6.07) is 2.94. The van der Waals surface area contributed by atoms with Gasteiger partial charge >= 0.3 is 5.97 Å². The molecule has 0 aromatic carbocycles. The van der Waals surface area contributed by atoms with Gasteiger partial charge in [0.1, 0.15) is 4.21 Å². The maximum absolute atomic E-state index is 12.5. The Bertz CT molecular complexity index is 611. The highest BCUT2D eigenvalue weighted by Gasteiger charge is 2.34. The van der Waals surface area contributed by atoms with Crippen molar-refractivity contribution in [2.24, 2.45) is 0 Å². The molecule has 21 heavy (non-hydrogen) atoms. The molecule has 2 unspecified atom stereocenters. The highest BCUT2D eigenvalue weighted by atomic mass is 32.2. The first-order valence-corrected chi connectivity index (χ1v) is 8.65. The summed E-state index contributed by atoms with van der Waals surface area (Å²) >= 11 is 0.958. The molecule has 118 valence electrons.